The Morgan fingerprint density at radius 1 is 0.605 bits per heavy atom. The molecule has 0 nitrogen and oxygen atoms in total. The van der Waals surface area contributed by atoms with Crippen LogP contribution in [0.2, 0.25) is 26.2 Å². The number of hydrogen-bond acceptors (Lipinski definition) is 0. The molecule has 0 aromatic rings. The third kappa shape index (κ3) is 31.2. The Morgan fingerprint density at radius 2 is 0.921 bits per heavy atom. The maximum atomic E-state index is 3.23. The molecule has 0 saturated carbocycles. The molecule has 6 heteroatoms. The summed E-state index contributed by atoms with van der Waals surface area (Å²) in [7, 11) is 0. The zero-order chi connectivity index (χ0) is 27.6. The molecule has 0 N–H and O–H groups in total. The van der Waals surface area contributed by atoms with Gasteiger partial charge in [-0.25, -0.2) is 36.5 Å². The second-order valence-corrected chi connectivity index (χ2v) is 34.3. The summed E-state index contributed by atoms with van der Waals surface area (Å²) < 4.78 is 0. The van der Waals surface area contributed by atoms with Crippen LogP contribution in [0.25, 0.3) is 0 Å². The molecule has 38 heavy (non-hydrogen) atoms. The van der Waals surface area contributed by atoms with Crippen LogP contribution < -0.4 is 0 Å². The molecular formula is C32H50Cl2Hf2Si2. The number of halogens is 2. The van der Waals surface area contributed by atoms with Crippen molar-refractivity contribution < 1.29 is 46.0 Å². The maximum absolute atomic E-state index is 3.23. The second-order valence-electron chi connectivity index (χ2n) is 8.73. The maximum Gasteiger partial charge on any atom is -0.109 e. The molecule has 0 aromatic heterocycles. The predicted molar refractivity (Wildman–Crippen MR) is 173 cm³/mol. The monoisotopic (exact) mass is 920 g/mol. The van der Waals surface area contributed by atoms with Gasteiger partial charge in [-0.2, -0.15) is 34.4 Å². The van der Waals surface area contributed by atoms with E-state index in [1.165, 1.54) is 82.8 Å². The van der Waals surface area contributed by atoms with Crippen LogP contribution in [0.1, 0.15) is 79.1 Å². The first-order valence-corrected chi connectivity index (χ1v) is 29.0. The van der Waals surface area contributed by atoms with Gasteiger partial charge in [-0.3, -0.25) is 24.3 Å². The summed E-state index contributed by atoms with van der Waals surface area (Å²) in [5.41, 5.74) is 6.70. The largest absolute Gasteiger partial charge is 0.273 e. The number of allylic oxidation sites excluding steroid dienone is 16. The summed E-state index contributed by atoms with van der Waals surface area (Å²) >= 11 is 2.90. The van der Waals surface area contributed by atoms with E-state index in [0.717, 1.165) is 25.7 Å². The summed E-state index contributed by atoms with van der Waals surface area (Å²) in [6, 6.07) is 0. The van der Waals surface area contributed by atoms with Crippen molar-refractivity contribution in [2.75, 3.05) is 0 Å². The molecule has 0 aromatic carbocycles. The fourth-order valence-corrected chi connectivity index (χ4v) is 3.11. The molecule has 0 amide bonds. The van der Waals surface area contributed by atoms with E-state index in [2.05, 4.69) is 102 Å². The van der Waals surface area contributed by atoms with Crippen LogP contribution in [-0.2, 0) is 46.0 Å². The van der Waals surface area contributed by atoms with Crippen molar-refractivity contribution >= 4 is 35.8 Å². The van der Waals surface area contributed by atoms with Gasteiger partial charge < -0.3 is 0 Å². The van der Waals surface area contributed by atoms with E-state index >= 15 is 0 Å². The molecule has 0 radical (unpaired) electrons. The van der Waals surface area contributed by atoms with Crippen molar-refractivity contribution in [1.82, 2.24) is 0 Å². The Hall–Kier alpha value is 0.674. The van der Waals surface area contributed by atoms with Crippen LogP contribution in [-0.4, -0.2) is 11.0 Å². The van der Waals surface area contributed by atoms with E-state index in [4.69, 9.17) is 0 Å². The number of hydrogen-bond donors (Lipinski definition) is 0. The van der Waals surface area contributed by atoms with Gasteiger partial charge in [-0.15, -0.1) is 50.5 Å². The third-order valence-electron chi connectivity index (χ3n) is 4.88. The van der Waals surface area contributed by atoms with Crippen LogP contribution in [0.15, 0.2) is 70.9 Å². The van der Waals surface area contributed by atoms with Gasteiger partial charge >= 0.3 is 83.2 Å². The molecule has 0 heterocycles. The summed E-state index contributed by atoms with van der Waals surface area (Å²) in [4.78, 5) is 0. The van der Waals surface area contributed by atoms with E-state index in [1.807, 2.05) is 24.3 Å². The van der Waals surface area contributed by atoms with Gasteiger partial charge in [-0.05, 0) is 0 Å². The van der Waals surface area contributed by atoms with Gasteiger partial charge in [0, 0.05) is 0 Å². The topological polar surface area (TPSA) is 0 Å². The summed E-state index contributed by atoms with van der Waals surface area (Å²) in [6.07, 6.45) is 37.6. The van der Waals surface area contributed by atoms with Gasteiger partial charge in [0.05, 0.1) is 0 Å². The minimum absolute atomic E-state index is 0. The van der Waals surface area contributed by atoms with E-state index in [-0.39, 0.29) is 35.8 Å². The van der Waals surface area contributed by atoms with Crippen LogP contribution in [0, 0.1) is 24.3 Å². The molecule has 0 bridgehead atoms. The van der Waals surface area contributed by atoms with Crippen molar-refractivity contribution in [3.63, 3.8) is 0 Å². The van der Waals surface area contributed by atoms with Crippen LogP contribution in [0.4, 0.5) is 0 Å². The molecule has 0 aliphatic heterocycles. The Balaban J connectivity index is -0.000000187. The summed E-state index contributed by atoms with van der Waals surface area (Å²) in [6.45, 7) is 18.2. The van der Waals surface area contributed by atoms with Crippen molar-refractivity contribution in [2.24, 2.45) is 0 Å². The van der Waals surface area contributed by atoms with Gasteiger partial charge in [0.25, 0.3) is 0 Å². The first-order chi connectivity index (χ1) is 17.2. The zero-order valence-corrected chi connectivity index (χ0v) is 35.9. The molecule has 4 aliphatic carbocycles. The minimum Gasteiger partial charge on any atom is -0.273 e. The summed E-state index contributed by atoms with van der Waals surface area (Å²) in [5, 5.41) is 0. The Kier molecular flexibility index (Phi) is 40.7. The first kappa shape index (κ1) is 45.7. The average Bonchev–Trinajstić information content (AvgIpc) is 3.68. The van der Waals surface area contributed by atoms with E-state index < -0.39 is 0 Å². The quantitative estimate of drug-likeness (QED) is 0.195. The SMILES string of the molecule is CCC1=C(CC)C[C-]=C1.CCC1=C(CC)C[C-]=C1.C[Si](C)=[Hf+2].C[Si](C)=[Hf+2].Cl.Cl.[C-]1=CC=CC1.[C-]1=CC=CC1. The number of rotatable bonds is 4. The zero-order valence-electron chi connectivity index (χ0n) is 25.1. The van der Waals surface area contributed by atoms with Crippen molar-refractivity contribution in [2.45, 2.75) is 105 Å². The Morgan fingerprint density at radius 3 is 1.05 bits per heavy atom. The van der Waals surface area contributed by atoms with E-state index in [9.17, 15) is 0 Å². The van der Waals surface area contributed by atoms with Crippen molar-refractivity contribution in [1.29, 1.82) is 0 Å². The smallest absolute Gasteiger partial charge is 0.109 e. The molecule has 4 rings (SSSR count). The van der Waals surface area contributed by atoms with Crippen molar-refractivity contribution in [3.8, 4) is 0 Å². The fourth-order valence-electron chi connectivity index (χ4n) is 3.11. The summed E-state index contributed by atoms with van der Waals surface area (Å²) in [5.74, 6) is 0. The van der Waals surface area contributed by atoms with E-state index in [1.54, 1.807) is 11.1 Å². The minimum atomic E-state index is 0. The molecule has 0 atom stereocenters. The molecule has 0 saturated heterocycles. The van der Waals surface area contributed by atoms with Crippen molar-refractivity contribution in [3.05, 3.63) is 95.2 Å². The van der Waals surface area contributed by atoms with Crippen LogP contribution in [0.3, 0.4) is 0 Å². The van der Waals surface area contributed by atoms with Gasteiger partial charge in [0.2, 0.25) is 0 Å². The standard InChI is InChI=1S/2C9H13.2C5H5.2C2H6Si.2ClH.2Hf/c2*1-3-8-6-5-7-9(8)4-2;2*1-2-4-5-3-1;2*1-3-2;;;;/h2*6H,3-4,7H2,1-2H3;2*1-3H,4H2;2*1-2H3;2*1H;;/q4*-1;;;;;2*+2. The Bertz CT molecular complexity index is 774. The average molecular weight is 919 g/mol. The van der Waals surface area contributed by atoms with E-state index in [0.29, 0.717) is 0 Å². The normalized spacial score (nSPS) is 14.4. The molecule has 0 fully saturated rings. The molecular weight excluding hydrogens is 868 g/mol. The first-order valence-electron chi connectivity index (χ1n) is 13.2. The molecule has 4 aliphatic rings. The second kappa shape index (κ2) is 33.9. The van der Waals surface area contributed by atoms with Gasteiger partial charge in [-0.1, -0.05) is 53.4 Å². The molecule has 0 spiro atoms. The molecule has 208 valence electrons. The third-order valence-corrected chi connectivity index (χ3v) is 4.88. The van der Waals surface area contributed by atoms with Gasteiger partial charge in [0.15, 0.2) is 0 Å². The Labute approximate surface area is 279 Å². The molecule has 0 unspecified atom stereocenters. The fraction of sp³-hybridized carbons (Fsp3) is 0.500. The van der Waals surface area contributed by atoms with Crippen LogP contribution >= 0.6 is 24.8 Å². The predicted octanol–water partition coefficient (Wildman–Crippen LogP) is 10.8. The van der Waals surface area contributed by atoms with Crippen LogP contribution in [0.5, 0.6) is 0 Å². The van der Waals surface area contributed by atoms with Gasteiger partial charge in [0.1, 0.15) is 0 Å².